The van der Waals surface area contributed by atoms with Crippen LogP contribution in [0.15, 0.2) is 192 Å². The Labute approximate surface area is 343 Å². The molecule has 1 aliphatic heterocycles. The van der Waals surface area contributed by atoms with Crippen molar-refractivity contribution >= 4 is 33.4 Å². The Kier molecular flexibility index (Phi) is 7.64. The van der Waals surface area contributed by atoms with Crippen molar-refractivity contribution < 1.29 is 0 Å². The molecule has 0 saturated heterocycles. The van der Waals surface area contributed by atoms with Gasteiger partial charge in [-0.05, 0) is 130 Å². The van der Waals surface area contributed by atoms with Gasteiger partial charge in [0, 0.05) is 22.4 Å². The van der Waals surface area contributed by atoms with E-state index in [0.717, 1.165) is 23.1 Å². The number of rotatable bonds is 5. The molecule has 0 spiro atoms. The minimum atomic E-state index is -0.405. The summed E-state index contributed by atoms with van der Waals surface area (Å²) in [4.78, 5) is 30.8. The minimum absolute atomic E-state index is 0.0944. The SMILES string of the molecule is CC1(C)c2ccccc2-c2cc3c(cc21)N(c1ccccc1)C1(C)CC=C(c2ccc(-c4ccc5c(c4)c(=O)n(-c4ccccc4)c(=O)n5-c4ccccc4)cc2)C=C31. The van der Waals surface area contributed by atoms with Crippen molar-refractivity contribution in [2.75, 3.05) is 4.90 Å². The van der Waals surface area contributed by atoms with E-state index in [-0.39, 0.29) is 16.5 Å². The van der Waals surface area contributed by atoms with E-state index >= 15 is 0 Å². The van der Waals surface area contributed by atoms with Crippen molar-refractivity contribution in [3.05, 3.63) is 225 Å². The van der Waals surface area contributed by atoms with Crippen molar-refractivity contribution in [2.45, 2.75) is 38.1 Å². The van der Waals surface area contributed by atoms with E-state index in [1.54, 1.807) is 16.7 Å². The maximum atomic E-state index is 14.2. The quantitative estimate of drug-likeness (QED) is 0.175. The van der Waals surface area contributed by atoms with Crippen LogP contribution >= 0.6 is 0 Å². The molecule has 5 heteroatoms. The van der Waals surface area contributed by atoms with Gasteiger partial charge in [-0.3, -0.25) is 9.36 Å². The highest BCUT2D eigenvalue weighted by molar-refractivity contribution is 6.03. The van der Waals surface area contributed by atoms with E-state index in [4.69, 9.17) is 0 Å². The largest absolute Gasteiger partial charge is 0.340 e. The average Bonchev–Trinajstić information content (AvgIpc) is 3.66. The van der Waals surface area contributed by atoms with Gasteiger partial charge in [0.1, 0.15) is 0 Å². The summed E-state index contributed by atoms with van der Waals surface area (Å²) < 4.78 is 2.90. The van der Waals surface area contributed by atoms with Crippen LogP contribution in [0.5, 0.6) is 0 Å². The molecular weight excluding hydrogens is 723 g/mol. The second-order valence-electron chi connectivity index (χ2n) is 16.7. The highest BCUT2D eigenvalue weighted by Crippen LogP contribution is 2.59. The van der Waals surface area contributed by atoms with Crippen LogP contribution in [0.3, 0.4) is 0 Å². The zero-order valence-corrected chi connectivity index (χ0v) is 33.2. The second kappa shape index (κ2) is 12.9. The molecule has 7 aromatic carbocycles. The molecule has 11 rings (SSSR count). The Balaban J connectivity index is 1.00. The number of anilines is 2. The number of fused-ring (bicyclic) bond motifs is 7. The van der Waals surface area contributed by atoms with Crippen LogP contribution in [0.2, 0.25) is 0 Å². The van der Waals surface area contributed by atoms with E-state index in [0.29, 0.717) is 22.3 Å². The summed E-state index contributed by atoms with van der Waals surface area (Å²) in [6.45, 7) is 7.09. The van der Waals surface area contributed by atoms with E-state index < -0.39 is 5.69 Å². The van der Waals surface area contributed by atoms with Crippen LogP contribution in [0.4, 0.5) is 11.4 Å². The molecule has 0 fully saturated rings. The molecule has 1 unspecified atom stereocenters. The average molecular weight is 764 g/mol. The molecule has 1 aromatic heterocycles. The Bertz CT molecular complexity index is 3190. The molecule has 5 nitrogen and oxygen atoms in total. The van der Waals surface area contributed by atoms with Crippen molar-refractivity contribution in [1.29, 1.82) is 0 Å². The molecule has 284 valence electrons. The smallest absolute Gasteiger partial charge is 0.331 e. The number of allylic oxidation sites excluding steroid dienone is 2. The summed E-state index contributed by atoms with van der Waals surface area (Å²) in [6, 6.07) is 57.7. The molecule has 0 radical (unpaired) electrons. The van der Waals surface area contributed by atoms with Crippen molar-refractivity contribution in [2.24, 2.45) is 0 Å². The maximum absolute atomic E-state index is 14.2. The number of hydrogen-bond acceptors (Lipinski definition) is 3. The standard InChI is InChI=1S/C54H41N3O2/c1-53(2)46-22-14-13-21-42(46)43-33-44-48-32-38(29-30-54(48,3)57(50(44)34-47(43)53)41-19-11-6-12-20-41)36-25-23-35(24-26-36)37-27-28-49-45(31-37)51(58)56(40-17-9-5-10-18-40)52(59)55(49)39-15-7-4-8-16-39/h4-29,31-34H,30H2,1-3H3. The van der Waals surface area contributed by atoms with Crippen LogP contribution in [0.1, 0.15) is 49.4 Å². The summed E-state index contributed by atoms with van der Waals surface area (Å²) in [6.07, 6.45) is 5.65. The summed E-state index contributed by atoms with van der Waals surface area (Å²) in [5, 5.41) is 0.471. The summed E-state index contributed by atoms with van der Waals surface area (Å²) in [5.74, 6) is 0. The van der Waals surface area contributed by atoms with Crippen LogP contribution in [0, 0.1) is 0 Å². The van der Waals surface area contributed by atoms with E-state index in [1.165, 1.54) is 54.9 Å². The Morgan fingerprint density at radius 3 is 1.80 bits per heavy atom. The normalized spacial score (nSPS) is 17.2. The predicted octanol–water partition coefficient (Wildman–Crippen LogP) is 11.9. The van der Waals surface area contributed by atoms with Crippen LogP contribution in [-0.2, 0) is 5.41 Å². The first-order valence-electron chi connectivity index (χ1n) is 20.3. The van der Waals surface area contributed by atoms with E-state index in [9.17, 15) is 9.59 Å². The molecule has 0 amide bonds. The predicted molar refractivity (Wildman–Crippen MR) is 242 cm³/mol. The first-order chi connectivity index (χ1) is 28.7. The number of para-hydroxylation sites is 3. The Morgan fingerprint density at radius 1 is 0.508 bits per heavy atom. The third kappa shape index (κ3) is 5.17. The summed E-state index contributed by atoms with van der Waals surface area (Å²) in [5.41, 5.74) is 15.4. The lowest BCUT2D eigenvalue weighted by atomic mass is 9.79. The van der Waals surface area contributed by atoms with E-state index in [2.05, 4.69) is 129 Å². The van der Waals surface area contributed by atoms with E-state index in [1.807, 2.05) is 66.7 Å². The van der Waals surface area contributed by atoms with Gasteiger partial charge in [0.2, 0.25) is 0 Å². The van der Waals surface area contributed by atoms with Crippen LogP contribution in [-0.4, -0.2) is 14.7 Å². The third-order valence-corrected chi connectivity index (χ3v) is 13.0. The second-order valence-corrected chi connectivity index (χ2v) is 16.7. The summed E-state index contributed by atoms with van der Waals surface area (Å²) >= 11 is 0. The lowest BCUT2D eigenvalue weighted by Gasteiger charge is -2.40. The Morgan fingerprint density at radius 2 is 1.10 bits per heavy atom. The molecule has 8 aromatic rings. The Hall–Kier alpha value is -7.24. The lowest BCUT2D eigenvalue weighted by Crippen LogP contribution is -2.40. The van der Waals surface area contributed by atoms with Gasteiger partial charge in [0.05, 0.1) is 27.8 Å². The van der Waals surface area contributed by atoms with Crippen LogP contribution < -0.4 is 16.1 Å². The van der Waals surface area contributed by atoms with Gasteiger partial charge in [-0.25, -0.2) is 9.36 Å². The first-order valence-corrected chi connectivity index (χ1v) is 20.3. The number of aromatic nitrogens is 2. The molecule has 1 atom stereocenters. The van der Waals surface area contributed by atoms with Crippen molar-refractivity contribution in [3.63, 3.8) is 0 Å². The van der Waals surface area contributed by atoms with Gasteiger partial charge in [-0.1, -0.05) is 129 Å². The van der Waals surface area contributed by atoms with Gasteiger partial charge in [0.25, 0.3) is 5.56 Å². The molecular formula is C54H41N3O2. The molecule has 0 N–H and O–H groups in total. The molecule has 59 heavy (non-hydrogen) atoms. The third-order valence-electron chi connectivity index (χ3n) is 13.0. The van der Waals surface area contributed by atoms with Gasteiger partial charge in [-0.15, -0.1) is 0 Å². The first kappa shape index (κ1) is 35.0. The fraction of sp³-hybridized carbons (Fsp3) is 0.111. The molecule has 3 aliphatic rings. The zero-order chi connectivity index (χ0) is 40.0. The number of benzene rings is 7. The molecule has 0 bridgehead atoms. The van der Waals surface area contributed by atoms with Crippen molar-refractivity contribution in [1.82, 2.24) is 9.13 Å². The van der Waals surface area contributed by atoms with Gasteiger partial charge in [0.15, 0.2) is 0 Å². The van der Waals surface area contributed by atoms with Gasteiger partial charge >= 0.3 is 5.69 Å². The number of nitrogens with zero attached hydrogens (tertiary/aromatic N) is 3. The molecule has 2 heterocycles. The summed E-state index contributed by atoms with van der Waals surface area (Å²) in [7, 11) is 0. The zero-order valence-electron chi connectivity index (χ0n) is 33.2. The maximum Gasteiger partial charge on any atom is 0.340 e. The monoisotopic (exact) mass is 763 g/mol. The topological polar surface area (TPSA) is 47.2 Å². The van der Waals surface area contributed by atoms with Gasteiger partial charge < -0.3 is 4.90 Å². The highest BCUT2D eigenvalue weighted by atomic mass is 16.2. The molecule has 2 aliphatic carbocycles. The fourth-order valence-corrected chi connectivity index (χ4v) is 9.95. The minimum Gasteiger partial charge on any atom is -0.331 e. The van der Waals surface area contributed by atoms with Gasteiger partial charge in [-0.2, -0.15) is 0 Å². The van der Waals surface area contributed by atoms with Crippen molar-refractivity contribution in [3.8, 4) is 33.6 Å². The lowest BCUT2D eigenvalue weighted by molar-refractivity contribution is 0.607. The molecule has 0 saturated carbocycles. The highest BCUT2D eigenvalue weighted by Gasteiger charge is 2.48. The van der Waals surface area contributed by atoms with Crippen LogP contribution in [0.25, 0.3) is 55.7 Å². The number of hydrogen-bond donors (Lipinski definition) is 0. The fourth-order valence-electron chi connectivity index (χ4n) is 9.95.